The number of aromatic nitrogens is 2. The van der Waals surface area contributed by atoms with Gasteiger partial charge in [-0.25, -0.2) is 9.37 Å². The van der Waals surface area contributed by atoms with Crippen LogP contribution in [0.5, 0.6) is 0 Å². The van der Waals surface area contributed by atoms with Crippen molar-refractivity contribution in [1.82, 2.24) is 14.5 Å². The van der Waals surface area contributed by atoms with E-state index in [0.717, 1.165) is 0 Å². The lowest BCUT2D eigenvalue weighted by molar-refractivity contribution is -0.128. The predicted octanol–water partition coefficient (Wildman–Crippen LogP) is 1.90. The fourth-order valence-corrected chi connectivity index (χ4v) is 2.77. The zero-order chi connectivity index (χ0) is 15.5. The van der Waals surface area contributed by atoms with Crippen LogP contribution in [0.25, 0.3) is 5.69 Å². The van der Waals surface area contributed by atoms with Crippen molar-refractivity contribution in [3.63, 3.8) is 0 Å². The summed E-state index contributed by atoms with van der Waals surface area (Å²) in [6, 6.07) is 6.59. The number of halogens is 2. The first kappa shape index (κ1) is 14.8. The number of hydrogen-bond acceptors (Lipinski definition) is 3. The van der Waals surface area contributed by atoms with Gasteiger partial charge in [0.15, 0.2) is 0 Å². The average molecular weight is 323 g/mol. The van der Waals surface area contributed by atoms with E-state index in [2.05, 4.69) is 4.98 Å². The lowest BCUT2D eigenvalue weighted by atomic mass is 10.3. The van der Waals surface area contributed by atoms with Crippen LogP contribution in [0.1, 0.15) is 0 Å². The molecular weight excluding hydrogens is 307 g/mol. The molecule has 0 saturated carbocycles. The summed E-state index contributed by atoms with van der Waals surface area (Å²) >= 11 is 5.58. The molecule has 0 unspecified atom stereocenters. The summed E-state index contributed by atoms with van der Waals surface area (Å²) < 4.78 is 15.7. The van der Waals surface area contributed by atoms with E-state index < -0.39 is 0 Å². The number of amides is 1. The Morgan fingerprint density at radius 3 is 2.64 bits per heavy atom. The van der Waals surface area contributed by atoms with Gasteiger partial charge in [-0.2, -0.15) is 0 Å². The maximum Gasteiger partial charge on any atom is 0.237 e. The molecule has 1 aliphatic rings. The van der Waals surface area contributed by atoms with Gasteiger partial charge in [-0.05, 0) is 12.1 Å². The quantitative estimate of drug-likeness (QED) is 0.811. The first-order valence-electron chi connectivity index (χ1n) is 7.07. The second-order valence-electron chi connectivity index (χ2n) is 5.05. The molecule has 22 heavy (non-hydrogen) atoms. The summed E-state index contributed by atoms with van der Waals surface area (Å²) in [6.07, 6.45) is 3.39. The molecule has 2 aromatic rings. The zero-order valence-electron chi connectivity index (χ0n) is 12.0. The Kier molecular flexibility index (Phi) is 4.29. The van der Waals surface area contributed by atoms with Crippen molar-refractivity contribution in [2.24, 2.45) is 0 Å². The molecule has 116 valence electrons. The third-order valence-electron chi connectivity index (χ3n) is 3.76. The molecule has 0 radical (unpaired) electrons. The van der Waals surface area contributed by atoms with Crippen molar-refractivity contribution in [2.75, 3.05) is 37.0 Å². The second kappa shape index (κ2) is 6.36. The highest BCUT2D eigenvalue weighted by molar-refractivity contribution is 6.27. The van der Waals surface area contributed by atoms with E-state index >= 15 is 0 Å². The van der Waals surface area contributed by atoms with Crippen molar-refractivity contribution in [1.29, 1.82) is 0 Å². The van der Waals surface area contributed by atoms with Crippen LogP contribution in [-0.4, -0.2) is 52.4 Å². The number of piperazine rings is 1. The number of carbonyl (C=O) groups is 1. The minimum Gasteiger partial charge on any atom is -0.338 e. The summed E-state index contributed by atoms with van der Waals surface area (Å²) in [4.78, 5) is 19.7. The van der Waals surface area contributed by atoms with Crippen molar-refractivity contribution in [3.05, 3.63) is 42.5 Å². The van der Waals surface area contributed by atoms with Gasteiger partial charge in [-0.1, -0.05) is 12.1 Å². The van der Waals surface area contributed by atoms with E-state index in [1.165, 1.54) is 6.07 Å². The molecule has 0 aliphatic carbocycles. The Balaban J connectivity index is 1.79. The van der Waals surface area contributed by atoms with Gasteiger partial charge in [0.25, 0.3) is 0 Å². The van der Waals surface area contributed by atoms with Crippen LogP contribution >= 0.6 is 11.6 Å². The maximum atomic E-state index is 14.0. The van der Waals surface area contributed by atoms with Crippen LogP contribution in [-0.2, 0) is 4.79 Å². The summed E-state index contributed by atoms with van der Waals surface area (Å²) in [7, 11) is 0. The normalized spacial score (nSPS) is 15.2. The monoisotopic (exact) mass is 322 g/mol. The first-order chi connectivity index (χ1) is 10.7. The standard InChI is InChI=1S/C15H16ClFN4O/c16-11-14(22)19-7-9-20(10-8-19)15-18-5-6-21(15)13-4-2-1-3-12(13)17/h1-6H,7-11H2. The highest BCUT2D eigenvalue weighted by Crippen LogP contribution is 2.21. The fraction of sp³-hybridized carbons (Fsp3) is 0.333. The molecule has 1 aromatic carbocycles. The van der Waals surface area contributed by atoms with E-state index in [9.17, 15) is 9.18 Å². The molecule has 0 atom stereocenters. The molecule has 1 fully saturated rings. The number of imidazole rings is 1. The van der Waals surface area contributed by atoms with E-state index in [-0.39, 0.29) is 17.6 Å². The zero-order valence-corrected chi connectivity index (χ0v) is 12.7. The molecule has 2 heterocycles. The van der Waals surface area contributed by atoms with E-state index in [4.69, 9.17) is 11.6 Å². The van der Waals surface area contributed by atoms with Gasteiger partial charge in [-0.15, -0.1) is 11.6 Å². The van der Waals surface area contributed by atoms with Gasteiger partial charge in [-0.3, -0.25) is 9.36 Å². The largest absolute Gasteiger partial charge is 0.338 e. The molecule has 0 N–H and O–H groups in total. The summed E-state index contributed by atoms with van der Waals surface area (Å²) in [5.41, 5.74) is 0.467. The Morgan fingerprint density at radius 2 is 1.95 bits per heavy atom. The molecule has 0 bridgehead atoms. The highest BCUT2D eigenvalue weighted by Gasteiger charge is 2.23. The van der Waals surface area contributed by atoms with Crippen LogP contribution < -0.4 is 4.90 Å². The van der Waals surface area contributed by atoms with E-state index in [1.54, 1.807) is 40.1 Å². The van der Waals surface area contributed by atoms with Crippen molar-refractivity contribution in [2.45, 2.75) is 0 Å². The van der Waals surface area contributed by atoms with Gasteiger partial charge in [0.05, 0.1) is 5.69 Å². The van der Waals surface area contributed by atoms with Gasteiger partial charge in [0.1, 0.15) is 11.7 Å². The number of anilines is 1. The average Bonchev–Trinajstić information content (AvgIpc) is 3.04. The van der Waals surface area contributed by atoms with E-state index in [1.807, 2.05) is 4.90 Å². The Labute approximate surface area is 132 Å². The number of hydrogen-bond donors (Lipinski definition) is 0. The van der Waals surface area contributed by atoms with Gasteiger partial charge in [0.2, 0.25) is 11.9 Å². The fourth-order valence-electron chi connectivity index (χ4n) is 2.61. The van der Waals surface area contributed by atoms with Gasteiger partial charge >= 0.3 is 0 Å². The highest BCUT2D eigenvalue weighted by atomic mass is 35.5. The Morgan fingerprint density at radius 1 is 1.23 bits per heavy atom. The Bertz CT molecular complexity index is 667. The molecule has 3 rings (SSSR count). The molecule has 1 aliphatic heterocycles. The number of alkyl halides is 1. The van der Waals surface area contributed by atoms with Gasteiger partial charge < -0.3 is 9.80 Å². The summed E-state index contributed by atoms with van der Waals surface area (Å²) in [5, 5.41) is 0. The number of rotatable bonds is 3. The lowest BCUT2D eigenvalue weighted by Crippen LogP contribution is -2.49. The van der Waals surface area contributed by atoms with Crippen molar-refractivity contribution in [3.8, 4) is 5.69 Å². The SMILES string of the molecule is O=C(CCl)N1CCN(c2nccn2-c2ccccc2F)CC1. The molecular formula is C15H16ClFN4O. The lowest BCUT2D eigenvalue weighted by Gasteiger charge is -2.35. The Hall–Kier alpha value is -2.08. The van der Waals surface area contributed by atoms with Crippen LogP contribution in [0.4, 0.5) is 10.3 Å². The number of nitrogens with zero attached hydrogens (tertiary/aromatic N) is 4. The third kappa shape index (κ3) is 2.78. The number of carbonyl (C=O) groups excluding carboxylic acids is 1. The van der Waals surface area contributed by atoms with E-state index in [0.29, 0.717) is 37.8 Å². The minimum atomic E-state index is -0.294. The van der Waals surface area contributed by atoms with Gasteiger partial charge in [0, 0.05) is 38.6 Å². The molecule has 1 amide bonds. The van der Waals surface area contributed by atoms with Crippen molar-refractivity contribution < 1.29 is 9.18 Å². The van der Waals surface area contributed by atoms with Crippen LogP contribution in [0.15, 0.2) is 36.7 Å². The summed E-state index contributed by atoms with van der Waals surface area (Å²) in [5.74, 6) is 0.337. The van der Waals surface area contributed by atoms with Crippen LogP contribution in [0, 0.1) is 5.82 Å². The molecule has 7 heteroatoms. The second-order valence-corrected chi connectivity index (χ2v) is 5.32. The smallest absolute Gasteiger partial charge is 0.237 e. The molecule has 5 nitrogen and oxygen atoms in total. The predicted molar refractivity (Wildman–Crippen MR) is 83.0 cm³/mol. The van der Waals surface area contributed by atoms with Crippen molar-refractivity contribution >= 4 is 23.5 Å². The first-order valence-corrected chi connectivity index (χ1v) is 7.61. The molecule has 1 saturated heterocycles. The number of benzene rings is 1. The van der Waals surface area contributed by atoms with Crippen LogP contribution in [0.3, 0.4) is 0 Å². The van der Waals surface area contributed by atoms with Crippen LogP contribution in [0.2, 0.25) is 0 Å². The third-order valence-corrected chi connectivity index (χ3v) is 3.99. The molecule has 1 aromatic heterocycles. The molecule has 0 spiro atoms. The summed E-state index contributed by atoms with van der Waals surface area (Å²) in [6.45, 7) is 2.48. The maximum absolute atomic E-state index is 14.0. The number of para-hydroxylation sites is 1. The topological polar surface area (TPSA) is 41.4 Å². The minimum absolute atomic E-state index is 0.00382.